The molecule has 5 rings (SSSR count). The van der Waals surface area contributed by atoms with Gasteiger partial charge in [-0.2, -0.15) is 0 Å². The Balaban J connectivity index is 1.34. The SMILES string of the molecule is CC(C)N1CC(C)(C)Oc2c(F)cc(-c3nc(Cc4ccc(CN5CCC(C(C)(C)O)CC5)c(F)c4)ncc3F)cc21. The van der Waals surface area contributed by atoms with Crippen LogP contribution >= 0.6 is 0 Å². The fourth-order valence-electron chi connectivity index (χ4n) is 6.04. The number of likely N-dealkylation sites (tertiary alicyclic amines) is 1. The van der Waals surface area contributed by atoms with Crippen LogP contribution in [0.15, 0.2) is 36.5 Å². The number of fused-ring (bicyclic) bond motifs is 1. The number of hydrogen-bond acceptors (Lipinski definition) is 6. The maximum atomic E-state index is 15.3. The van der Waals surface area contributed by atoms with Crippen LogP contribution in [0, 0.1) is 23.4 Å². The molecule has 0 unspecified atom stereocenters. The highest BCUT2D eigenvalue weighted by atomic mass is 19.1. The van der Waals surface area contributed by atoms with Crippen molar-refractivity contribution in [3.63, 3.8) is 0 Å². The summed E-state index contributed by atoms with van der Waals surface area (Å²) in [5, 5.41) is 10.3. The Bertz CT molecular complexity index is 1450. The van der Waals surface area contributed by atoms with Crippen molar-refractivity contribution in [1.82, 2.24) is 14.9 Å². The molecule has 2 aliphatic heterocycles. The number of piperidine rings is 1. The van der Waals surface area contributed by atoms with E-state index in [1.54, 1.807) is 12.1 Å². The average molecular weight is 583 g/mol. The number of hydrogen-bond donors (Lipinski definition) is 1. The van der Waals surface area contributed by atoms with Gasteiger partial charge in [0, 0.05) is 30.1 Å². The molecule has 3 heterocycles. The van der Waals surface area contributed by atoms with E-state index in [0.717, 1.165) is 32.1 Å². The minimum atomic E-state index is -0.699. The second kappa shape index (κ2) is 11.5. The number of aliphatic hydroxyl groups is 1. The Hall–Kier alpha value is -3.17. The number of anilines is 1. The highest BCUT2D eigenvalue weighted by Gasteiger charge is 2.35. The van der Waals surface area contributed by atoms with Gasteiger partial charge in [-0.3, -0.25) is 4.90 Å². The molecule has 1 fully saturated rings. The Kier molecular flexibility index (Phi) is 8.29. The van der Waals surface area contributed by atoms with Gasteiger partial charge >= 0.3 is 0 Å². The number of halogens is 3. The third-order valence-electron chi connectivity index (χ3n) is 8.41. The van der Waals surface area contributed by atoms with Gasteiger partial charge in [0.1, 0.15) is 22.9 Å². The van der Waals surface area contributed by atoms with Crippen molar-refractivity contribution >= 4 is 5.69 Å². The lowest BCUT2D eigenvalue weighted by molar-refractivity contribution is -0.0137. The van der Waals surface area contributed by atoms with Crippen LogP contribution < -0.4 is 9.64 Å². The van der Waals surface area contributed by atoms with Crippen LogP contribution in [0.4, 0.5) is 18.9 Å². The van der Waals surface area contributed by atoms with Gasteiger partial charge in [0.15, 0.2) is 17.4 Å². The fourth-order valence-corrected chi connectivity index (χ4v) is 6.04. The smallest absolute Gasteiger partial charge is 0.179 e. The van der Waals surface area contributed by atoms with Crippen LogP contribution in [0.3, 0.4) is 0 Å². The van der Waals surface area contributed by atoms with E-state index in [0.29, 0.717) is 35.7 Å². The van der Waals surface area contributed by atoms with E-state index in [1.165, 1.54) is 12.1 Å². The Morgan fingerprint density at radius 2 is 1.76 bits per heavy atom. The molecular formula is C33H41F3N4O2. The first-order chi connectivity index (χ1) is 19.7. The highest BCUT2D eigenvalue weighted by molar-refractivity contribution is 5.72. The van der Waals surface area contributed by atoms with Crippen molar-refractivity contribution in [3.8, 4) is 17.0 Å². The zero-order chi connectivity index (χ0) is 30.4. The van der Waals surface area contributed by atoms with Crippen LogP contribution in [-0.2, 0) is 13.0 Å². The predicted molar refractivity (Wildman–Crippen MR) is 158 cm³/mol. The molecule has 3 aromatic rings. The summed E-state index contributed by atoms with van der Waals surface area (Å²) < 4.78 is 51.4. The maximum Gasteiger partial charge on any atom is 0.179 e. The van der Waals surface area contributed by atoms with Gasteiger partial charge < -0.3 is 14.7 Å². The van der Waals surface area contributed by atoms with Crippen molar-refractivity contribution in [2.24, 2.45) is 5.92 Å². The van der Waals surface area contributed by atoms with E-state index >= 15 is 8.78 Å². The summed E-state index contributed by atoms with van der Waals surface area (Å²) in [6.45, 7) is 14.2. The minimum Gasteiger partial charge on any atom is -0.481 e. The van der Waals surface area contributed by atoms with Crippen LogP contribution in [0.25, 0.3) is 11.3 Å². The summed E-state index contributed by atoms with van der Waals surface area (Å²) >= 11 is 0. The first-order valence-electron chi connectivity index (χ1n) is 14.7. The summed E-state index contributed by atoms with van der Waals surface area (Å²) in [7, 11) is 0. The van der Waals surface area contributed by atoms with Gasteiger partial charge in [-0.25, -0.2) is 23.1 Å². The van der Waals surface area contributed by atoms with Crippen molar-refractivity contribution in [1.29, 1.82) is 0 Å². The molecule has 1 saturated heterocycles. The van der Waals surface area contributed by atoms with Gasteiger partial charge in [-0.1, -0.05) is 12.1 Å². The molecule has 6 nitrogen and oxygen atoms in total. The quantitative estimate of drug-likeness (QED) is 0.342. The van der Waals surface area contributed by atoms with Crippen molar-refractivity contribution in [2.75, 3.05) is 24.5 Å². The second-order valence-electron chi connectivity index (χ2n) is 13.2. The predicted octanol–water partition coefficient (Wildman–Crippen LogP) is 6.52. The lowest BCUT2D eigenvalue weighted by Crippen LogP contribution is -2.49. The van der Waals surface area contributed by atoms with Gasteiger partial charge in [0.25, 0.3) is 0 Å². The van der Waals surface area contributed by atoms with E-state index in [4.69, 9.17) is 4.74 Å². The molecule has 0 aliphatic carbocycles. The monoisotopic (exact) mass is 582 g/mol. The molecule has 0 radical (unpaired) electrons. The first-order valence-corrected chi connectivity index (χ1v) is 14.7. The van der Waals surface area contributed by atoms with E-state index in [-0.39, 0.29) is 41.2 Å². The largest absolute Gasteiger partial charge is 0.481 e. The number of ether oxygens (including phenoxy) is 1. The molecule has 0 spiro atoms. The van der Waals surface area contributed by atoms with Crippen molar-refractivity contribution in [3.05, 3.63) is 70.9 Å². The van der Waals surface area contributed by atoms with Crippen LogP contribution in [0.1, 0.15) is 71.3 Å². The van der Waals surface area contributed by atoms with Crippen LogP contribution in [0.5, 0.6) is 5.75 Å². The van der Waals surface area contributed by atoms with Gasteiger partial charge in [-0.15, -0.1) is 0 Å². The molecule has 1 aromatic heterocycles. The fraction of sp³-hybridized carbons (Fsp3) is 0.515. The molecule has 42 heavy (non-hydrogen) atoms. The lowest BCUT2D eigenvalue weighted by atomic mass is 9.83. The van der Waals surface area contributed by atoms with E-state index in [9.17, 15) is 9.50 Å². The second-order valence-corrected chi connectivity index (χ2v) is 13.2. The molecule has 2 aromatic carbocycles. The van der Waals surface area contributed by atoms with E-state index in [1.807, 2.05) is 52.5 Å². The van der Waals surface area contributed by atoms with Crippen molar-refractivity contribution in [2.45, 2.75) is 84.6 Å². The Morgan fingerprint density at radius 1 is 1.05 bits per heavy atom. The summed E-state index contributed by atoms with van der Waals surface area (Å²) in [6.07, 6.45) is 3.03. The zero-order valence-electron chi connectivity index (χ0n) is 25.3. The molecule has 0 atom stereocenters. The van der Waals surface area contributed by atoms with E-state index < -0.39 is 22.8 Å². The topological polar surface area (TPSA) is 61.7 Å². The summed E-state index contributed by atoms with van der Waals surface area (Å²) in [6, 6.07) is 8.12. The number of aromatic nitrogens is 2. The molecule has 226 valence electrons. The molecule has 0 saturated carbocycles. The summed E-state index contributed by atoms with van der Waals surface area (Å²) in [4.78, 5) is 12.8. The zero-order valence-corrected chi connectivity index (χ0v) is 25.3. The molecule has 9 heteroatoms. The van der Waals surface area contributed by atoms with E-state index in [2.05, 4.69) is 14.9 Å². The molecule has 2 aliphatic rings. The average Bonchev–Trinajstić information content (AvgIpc) is 2.90. The van der Waals surface area contributed by atoms with Gasteiger partial charge in [-0.05, 0) is 97.2 Å². The van der Waals surface area contributed by atoms with Gasteiger partial charge in [0.05, 0.1) is 24.0 Å². The molecule has 0 bridgehead atoms. The molecule has 0 amide bonds. The van der Waals surface area contributed by atoms with Crippen LogP contribution in [-0.4, -0.2) is 56.9 Å². The molecule has 1 N–H and O–H groups in total. The minimum absolute atomic E-state index is 0.0122. The Labute approximate surface area is 246 Å². The normalized spacial score (nSPS) is 17.8. The standard InChI is InChI=1S/C33H41F3N4O2/c1-20(2)40-19-32(3,4)42-31-26(35)15-23(16-28(31)40)30-27(36)17-37-29(38-30)14-21-7-8-22(25(34)13-21)18-39-11-9-24(10-12-39)33(5,6)41/h7-8,13,15-17,20,24,41H,9-12,14,18-19H2,1-6H3. The highest BCUT2D eigenvalue weighted by Crippen LogP contribution is 2.43. The summed E-state index contributed by atoms with van der Waals surface area (Å²) in [5.74, 6) is -0.857. The maximum absolute atomic E-state index is 15.3. The third kappa shape index (κ3) is 6.57. The van der Waals surface area contributed by atoms with Crippen LogP contribution in [0.2, 0.25) is 0 Å². The number of rotatable bonds is 7. The van der Waals surface area contributed by atoms with Crippen molar-refractivity contribution < 1.29 is 23.0 Å². The number of benzene rings is 2. The number of nitrogens with zero attached hydrogens (tertiary/aromatic N) is 4. The van der Waals surface area contributed by atoms with Gasteiger partial charge in [0.2, 0.25) is 0 Å². The molecular weight excluding hydrogens is 541 g/mol. The first kappa shape index (κ1) is 30.3. The lowest BCUT2D eigenvalue weighted by Gasteiger charge is -2.43. The summed E-state index contributed by atoms with van der Waals surface area (Å²) in [5.41, 5.74) is 0.818. The Morgan fingerprint density at radius 3 is 2.40 bits per heavy atom. The third-order valence-corrected chi connectivity index (χ3v) is 8.41.